The molecule has 0 aliphatic heterocycles. The lowest BCUT2D eigenvalue weighted by Crippen LogP contribution is -2.09. The van der Waals surface area contributed by atoms with Gasteiger partial charge in [-0.3, -0.25) is 0 Å². The van der Waals surface area contributed by atoms with Gasteiger partial charge in [0, 0.05) is 0 Å². The first-order valence-corrected chi connectivity index (χ1v) is 8.51. The summed E-state index contributed by atoms with van der Waals surface area (Å²) in [7, 11) is 0. The summed E-state index contributed by atoms with van der Waals surface area (Å²) in [4.78, 5) is 0. The average Bonchev–Trinajstić information content (AvgIpc) is 2.44. The molecule has 2 rings (SSSR count). The molecule has 0 aromatic carbocycles. The number of allylic oxidation sites excluding steroid dienone is 4. The van der Waals surface area contributed by atoms with Crippen LogP contribution in [0.2, 0.25) is 0 Å². The van der Waals surface area contributed by atoms with Crippen molar-refractivity contribution < 1.29 is 0 Å². The molecule has 2 aliphatic carbocycles. The van der Waals surface area contributed by atoms with Crippen molar-refractivity contribution in [3.05, 3.63) is 24.3 Å². The number of rotatable bonds is 2. The first-order chi connectivity index (χ1) is 9.26. The summed E-state index contributed by atoms with van der Waals surface area (Å²) in [5.41, 5.74) is 0. The van der Waals surface area contributed by atoms with Crippen molar-refractivity contribution in [1.29, 1.82) is 0 Å². The summed E-state index contributed by atoms with van der Waals surface area (Å²) >= 11 is 0. The van der Waals surface area contributed by atoms with E-state index >= 15 is 0 Å². The highest BCUT2D eigenvalue weighted by atomic mass is 14.2. The highest BCUT2D eigenvalue weighted by molar-refractivity contribution is 4.88. The van der Waals surface area contributed by atoms with E-state index < -0.39 is 0 Å². The van der Waals surface area contributed by atoms with Crippen molar-refractivity contribution in [2.45, 2.75) is 78.6 Å². The topological polar surface area (TPSA) is 0 Å². The monoisotopic (exact) mass is 262 g/mol. The van der Waals surface area contributed by atoms with E-state index in [1.807, 2.05) is 0 Å². The fourth-order valence-electron chi connectivity index (χ4n) is 3.35. The molecule has 0 heterocycles. The molecule has 0 amide bonds. The van der Waals surface area contributed by atoms with Crippen LogP contribution in [0.15, 0.2) is 24.3 Å². The van der Waals surface area contributed by atoms with E-state index in [4.69, 9.17) is 0 Å². The third kappa shape index (κ3) is 7.60. The summed E-state index contributed by atoms with van der Waals surface area (Å²) in [5, 5.41) is 0. The molecule has 0 nitrogen and oxygen atoms in total. The Hall–Kier alpha value is -0.520. The van der Waals surface area contributed by atoms with Gasteiger partial charge in [0.05, 0.1) is 0 Å². The minimum Gasteiger partial charge on any atom is -0.0914 e. The van der Waals surface area contributed by atoms with Crippen LogP contribution < -0.4 is 0 Å². The molecular formula is C19H34. The molecule has 2 aliphatic rings. The highest BCUT2D eigenvalue weighted by Gasteiger charge is 2.14. The van der Waals surface area contributed by atoms with Gasteiger partial charge < -0.3 is 0 Å². The molecular weight excluding hydrogens is 228 g/mol. The smallest absolute Gasteiger partial charge is 0.0233 e. The van der Waals surface area contributed by atoms with Gasteiger partial charge in [0.2, 0.25) is 0 Å². The predicted octanol–water partition coefficient (Wildman–Crippen LogP) is 6.53. The predicted molar refractivity (Wildman–Crippen MR) is 87.3 cm³/mol. The molecule has 0 aromatic rings. The zero-order valence-electron chi connectivity index (χ0n) is 13.4. The van der Waals surface area contributed by atoms with Crippen LogP contribution in [0.4, 0.5) is 0 Å². The third-order valence-corrected chi connectivity index (χ3v) is 4.64. The average molecular weight is 262 g/mol. The van der Waals surface area contributed by atoms with E-state index in [-0.39, 0.29) is 0 Å². The second-order valence-corrected chi connectivity index (χ2v) is 6.47. The Morgan fingerprint density at radius 1 is 0.632 bits per heavy atom. The molecule has 0 radical (unpaired) electrons. The summed E-state index contributed by atoms with van der Waals surface area (Å²) in [5.74, 6) is 2.81. The minimum atomic E-state index is 0.904. The van der Waals surface area contributed by atoms with Crippen molar-refractivity contribution >= 4 is 0 Å². The highest BCUT2D eigenvalue weighted by Crippen LogP contribution is 2.28. The lowest BCUT2D eigenvalue weighted by molar-refractivity contribution is 0.330. The maximum Gasteiger partial charge on any atom is -0.0233 e. The molecule has 0 unspecified atom stereocenters. The van der Waals surface area contributed by atoms with Crippen molar-refractivity contribution in [1.82, 2.24) is 0 Å². The molecule has 0 saturated heterocycles. The molecule has 0 atom stereocenters. The van der Waals surface area contributed by atoms with Crippen molar-refractivity contribution in [3.63, 3.8) is 0 Å². The Morgan fingerprint density at radius 2 is 1.11 bits per heavy atom. The number of hydrogen-bond acceptors (Lipinski definition) is 0. The Balaban J connectivity index is 0.000000191. The molecule has 0 heteroatoms. The maximum absolute atomic E-state index is 2.37. The van der Waals surface area contributed by atoms with Crippen molar-refractivity contribution in [3.8, 4) is 0 Å². The Kier molecular flexibility index (Phi) is 8.95. The van der Waals surface area contributed by atoms with E-state index in [1.165, 1.54) is 57.8 Å². The van der Waals surface area contributed by atoms with Gasteiger partial charge in [-0.15, -0.1) is 0 Å². The van der Waals surface area contributed by atoms with E-state index in [9.17, 15) is 0 Å². The zero-order chi connectivity index (χ0) is 13.9. The van der Waals surface area contributed by atoms with Crippen LogP contribution >= 0.6 is 0 Å². The molecule has 0 aromatic heterocycles. The fraction of sp³-hybridized carbons (Fsp3) is 0.789. The van der Waals surface area contributed by atoms with Gasteiger partial charge in [-0.25, -0.2) is 0 Å². The van der Waals surface area contributed by atoms with E-state index in [0.717, 1.165) is 17.8 Å². The van der Waals surface area contributed by atoms with Crippen LogP contribution in [0, 0.1) is 17.8 Å². The fourth-order valence-corrected chi connectivity index (χ4v) is 3.35. The van der Waals surface area contributed by atoms with Gasteiger partial charge in [-0.1, -0.05) is 63.3 Å². The molecule has 0 N–H and O–H groups in total. The Bertz CT molecular complexity index is 247. The van der Waals surface area contributed by atoms with Crippen LogP contribution in [0.5, 0.6) is 0 Å². The largest absolute Gasteiger partial charge is 0.0914 e. The lowest BCUT2D eigenvalue weighted by Gasteiger charge is -2.23. The zero-order valence-corrected chi connectivity index (χ0v) is 13.4. The van der Waals surface area contributed by atoms with E-state index in [1.54, 1.807) is 0 Å². The van der Waals surface area contributed by atoms with Gasteiger partial charge in [-0.2, -0.15) is 0 Å². The van der Waals surface area contributed by atoms with Gasteiger partial charge in [-0.05, 0) is 57.3 Å². The summed E-state index contributed by atoms with van der Waals surface area (Å²) in [6, 6.07) is 0. The first kappa shape index (κ1) is 16.5. The standard InChI is InChI=1S/C10H18.C9H16/c1-3-4-10-7-5-9(2)6-8-10;1-2-6-9-7-4-3-5-8-9/h3-4,9-10H,5-8H2,1-2H3;2,6,9H,3-5,7-8H2,1H3/b4-3+;6-2+. The van der Waals surface area contributed by atoms with Crippen LogP contribution in [0.1, 0.15) is 78.6 Å². The summed E-state index contributed by atoms with van der Waals surface area (Å²) < 4.78 is 0. The Morgan fingerprint density at radius 3 is 1.58 bits per heavy atom. The van der Waals surface area contributed by atoms with Crippen molar-refractivity contribution in [2.75, 3.05) is 0 Å². The van der Waals surface area contributed by atoms with E-state index in [2.05, 4.69) is 45.1 Å². The van der Waals surface area contributed by atoms with Crippen LogP contribution in [0.3, 0.4) is 0 Å². The maximum atomic E-state index is 2.37. The van der Waals surface area contributed by atoms with E-state index in [0.29, 0.717) is 0 Å². The van der Waals surface area contributed by atoms with Gasteiger partial charge in [0.25, 0.3) is 0 Å². The molecule has 0 bridgehead atoms. The second-order valence-electron chi connectivity index (χ2n) is 6.47. The third-order valence-electron chi connectivity index (χ3n) is 4.64. The molecule has 110 valence electrons. The van der Waals surface area contributed by atoms with Crippen LogP contribution in [0.25, 0.3) is 0 Å². The molecule has 19 heavy (non-hydrogen) atoms. The summed E-state index contributed by atoms with van der Waals surface area (Å²) in [6.07, 6.45) is 22.1. The SMILES string of the molecule is C/C=C/C1CCC(C)CC1.C/C=C/C1CCCCC1. The van der Waals surface area contributed by atoms with Gasteiger partial charge >= 0.3 is 0 Å². The first-order valence-electron chi connectivity index (χ1n) is 8.51. The van der Waals surface area contributed by atoms with Crippen LogP contribution in [-0.2, 0) is 0 Å². The van der Waals surface area contributed by atoms with Gasteiger partial charge in [0.15, 0.2) is 0 Å². The second kappa shape index (κ2) is 10.3. The Labute approximate surface area is 121 Å². The molecule has 0 spiro atoms. The number of hydrogen-bond donors (Lipinski definition) is 0. The molecule has 2 saturated carbocycles. The quantitative estimate of drug-likeness (QED) is 0.496. The van der Waals surface area contributed by atoms with Crippen molar-refractivity contribution in [2.24, 2.45) is 17.8 Å². The normalized spacial score (nSPS) is 29.4. The van der Waals surface area contributed by atoms with Crippen LogP contribution in [-0.4, -0.2) is 0 Å². The molecule has 2 fully saturated rings. The lowest BCUT2D eigenvalue weighted by atomic mass is 9.83. The van der Waals surface area contributed by atoms with Gasteiger partial charge in [0.1, 0.15) is 0 Å². The minimum absolute atomic E-state index is 0.904. The summed E-state index contributed by atoms with van der Waals surface area (Å²) in [6.45, 7) is 6.61.